The van der Waals surface area contributed by atoms with Crippen LogP contribution in [-0.2, 0) is 9.53 Å². The fourth-order valence-electron chi connectivity index (χ4n) is 4.69. The Balaban J connectivity index is 1.50. The molecule has 1 saturated heterocycles. The van der Waals surface area contributed by atoms with Gasteiger partial charge in [-0.15, -0.1) is 0 Å². The number of carbonyl (C=O) groups excluding carboxylic acids is 1. The molecule has 0 aliphatic carbocycles. The van der Waals surface area contributed by atoms with E-state index >= 15 is 0 Å². The van der Waals surface area contributed by atoms with Gasteiger partial charge in [0.1, 0.15) is 10.9 Å². The van der Waals surface area contributed by atoms with Crippen LogP contribution in [0.25, 0.3) is 0 Å². The van der Waals surface area contributed by atoms with Crippen LogP contribution in [0, 0.1) is 0 Å². The van der Waals surface area contributed by atoms with E-state index in [0.717, 1.165) is 28.6 Å². The van der Waals surface area contributed by atoms with E-state index in [0.29, 0.717) is 36.2 Å². The summed E-state index contributed by atoms with van der Waals surface area (Å²) < 4.78 is 7.35. The number of hydrogen-bond donors (Lipinski definition) is 3. The van der Waals surface area contributed by atoms with Gasteiger partial charge in [0.2, 0.25) is 11.8 Å². The number of ether oxygens (including phenoxy) is 1. The van der Waals surface area contributed by atoms with Crippen LogP contribution < -0.4 is 15.8 Å². The molecule has 1 aliphatic heterocycles. The smallest absolute Gasteiger partial charge is 0.282 e. The van der Waals surface area contributed by atoms with Crippen molar-refractivity contribution in [3.05, 3.63) is 105 Å². The Kier molecular flexibility index (Phi) is 8.30. The minimum absolute atomic E-state index is 0.0870. The van der Waals surface area contributed by atoms with Crippen LogP contribution in [0.2, 0.25) is 5.02 Å². The Morgan fingerprint density at radius 2 is 1.87 bits per heavy atom. The van der Waals surface area contributed by atoms with Gasteiger partial charge in [-0.2, -0.15) is 0 Å². The number of hydrogen-bond acceptors (Lipinski definition) is 6. The summed E-state index contributed by atoms with van der Waals surface area (Å²) in [5.74, 6) is -0.248. The van der Waals surface area contributed by atoms with Crippen molar-refractivity contribution in [2.75, 3.05) is 31.1 Å². The molecule has 202 valence electrons. The van der Waals surface area contributed by atoms with E-state index in [4.69, 9.17) is 16.3 Å². The fourth-order valence-corrected chi connectivity index (χ4v) is 5.80. The molecule has 4 aromatic rings. The first kappa shape index (κ1) is 26.9. The van der Waals surface area contributed by atoms with E-state index < -0.39 is 11.6 Å². The second kappa shape index (κ2) is 12.0. The van der Waals surface area contributed by atoms with Crippen LogP contribution in [0.3, 0.4) is 0 Å². The summed E-state index contributed by atoms with van der Waals surface area (Å²) in [6.07, 6.45) is -0.120. The van der Waals surface area contributed by atoms with E-state index in [9.17, 15) is 14.7 Å². The molecule has 3 aromatic carbocycles. The summed E-state index contributed by atoms with van der Waals surface area (Å²) >= 11 is 7.45. The molecule has 1 fully saturated rings. The third-order valence-electron chi connectivity index (χ3n) is 6.55. The largest absolute Gasteiger partial charge is 0.493 e. The zero-order valence-electron chi connectivity index (χ0n) is 21.3. The molecule has 2 atom stereocenters. The molecule has 10 heteroatoms. The van der Waals surface area contributed by atoms with Gasteiger partial charge in [-0.1, -0.05) is 78.0 Å². The number of H-pyrrole nitrogens is 1. The number of morpholine rings is 1. The number of halogens is 1. The number of aromatic amines is 1. The Morgan fingerprint density at radius 3 is 2.64 bits per heavy atom. The molecular weight excluding hydrogens is 536 g/mol. The molecule has 2 heterocycles. The zero-order chi connectivity index (χ0) is 27.4. The van der Waals surface area contributed by atoms with Gasteiger partial charge in [-0.05, 0) is 35.4 Å². The molecule has 1 aromatic heterocycles. The van der Waals surface area contributed by atoms with Gasteiger partial charge in [0.25, 0.3) is 5.56 Å². The van der Waals surface area contributed by atoms with E-state index in [1.807, 2.05) is 66.7 Å². The van der Waals surface area contributed by atoms with Gasteiger partial charge in [-0.3, -0.25) is 14.7 Å². The Morgan fingerprint density at radius 1 is 1.13 bits per heavy atom. The SMILES string of the molecule is CC(=O)NCC1CN(c2cccc(C(c3ccccc3)n3[nH]c(=O)c(Sc4ccccc4Cl)c3O)c2)CCO1. The van der Waals surface area contributed by atoms with Gasteiger partial charge < -0.3 is 20.1 Å². The standard InChI is InChI=1S/C29H29ClN4O4S/c1-19(35)31-17-23-18-33(14-15-38-23)22-11-7-10-21(16-22)26(20-8-3-2-4-9-20)34-29(37)27(28(36)32-34)39-25-13-6-5-12-24(25)30/h2-13,16,23,26,37H,14-15,17-18H2,1H3,(H,31,35)(H,32,36). The zero-order valence-corrected chi connectivity index (χ0v) is 22.9. The molecule has 2 unspecified atom stereocenters. The average Bonchev–Trinajstić information content (AvgIpc) is 3.22. The molecular formula is C29H29ClN4O4S. The highest BCUT2D eigenvalue weighted by atomic mass is 35.5. The van der Waals surface area contributed by atoms with Gasteiger partial charge in [0, 0.05) is 37.1 Å². The molecule has 0 saturated carbocycles. The third kappa shape index (κ3) is 6.16. The first-order chi connectivity index (χ1) is 18.9. The van der Waals surface area contributed by atoms with Gasteiger partial charge in [-0.25, -0.2) is 4.68 Å². The van der Waals surface area contributed by atoms with Crippen LogP contribution in [0.5, 0.6) is 5.88 Å². The van der Waals surface area contributed by atoms with E-state index in [2.05, 4.69) is 21.4 Å². The number of benzene rings is 3. The van der Waals surface area contributed by atoms with Crippen molar-refractivity contribution in [2.45, 2.75) is 28.9 Å². The van der Waals surface area contributed by atoms with Crippen molar-refractivity contribution in [3.63, 3.8) is 0 Å². The number of rotatable bonds is 8. The second-order valence-corrected chi connectivity index (χ2v) is 10.7. The summed E-state index contributed by atoms with van der Waals surface area (Å²) in [6, 6.07) is 24.5. The average molecular weight is 565 g/mol. The normalized spacial score (nSPS) is 16.2. The molecule has 0 spiro atoms. The first-order valence-corrected chi connectivity index (χ1v) is 13.8. The second-order valence-electron chi connectivity index (χ2n) is 9.28. The van der Waals surface area contributed by atoms with Crippen LogP contribution in [0.4, 0.5) is 5.69 Å². The molecule has 0 radical (unpaired) electrons. The Labute approximate surface area is 235 Å². The summed E-state index contributed by atoms with van der Waals surface area (Å²) in [5, 5.41) is 17.5. The van der Waals surface area contributed by atoms with Gasteiger partial charge in [0.05, 0.1) is 17.7 Å². The first-order valence-electron chi connectivity index (χ1n) is 12.6. The van der Waals surface area contributed by atoms with Crippen LogP contribution in [0.1, 0.15) is 24.1 Å². The lowest BCUT2D eigenvalue weighted by Crippen LogP contribution is -2.47. The minimum Gasteiger partial charge on any atom is -0.493 e. The number of aromatic hydroxyl groups is 1. The van der Waals surface area contributed by atoms with Crippen LogP contribution in [0.15, 0.2) is 93.4 Å². The molecule has 8 nitrogen and oxygen atoms in total. The van der Waals surface area contributed by atoms with E-state index in [-0.39, 0.29) is 22.8 Å². The predicted molar refractivity (Wildman–Crippen MR) is 153 cm³/mol. The van der Waals surface area contributed by atoms with Crippen molar-refractivity contribution >= 4 is 35.0 Å². The van der Waals surface area contributed by atoms with E-state index in [1.54, 1.807) is 6.07 Å². The number of amides is 1. The van der Waals surface area contributed by atoms with Crippen molar-refractivity contribution in [3.8, 4) is 5.88 Å². The van der Waals surface area contributed by atoms with Gasteiger partial charge in [0.15, 0.2) is 0 Å². The molecule has 1 aliphatic rings. The lowest BCUT2D eigenvalue weighted by molar-refractivity contribution is -0.119. The molecule has 0 bridgehead atoms. The highest BCUT2D eigenvalue weighted by Gasteiger charge is 2.26. The summed E-state index contributed by atoms with van der Waals surface area (Å²) in [5.41, 5.74) is 2.38. The monoisotopic (exact) mass is 564 g/mol. The molecule has 39 heavy (non-hydrogen) atoms. The minimum atomic E-state index is -0.490. The lowest BCUT2D eigenvalue weighted by atomic mass is 9.98. The summed E-state index contributed by atoms with van der Waals surface area (Å²) in [4.78, 5) is 27.5. The fraction of sp³-hybridized carbons (Fsp3) is 0.241. The van der Waals surface area contributed by atoms with Crippen molar-refractivity contribution < 1.29 is 14.6 Å². The summed E-state index contributed by atoms with van der Waals surface area (Å²) in [6.45, 7) is 3.82. The maximum Gasteiger partial charge on any atom is 0.282 e. The topological polar surface area (TPSA) is 99.6 Å². The molecule has 1 amide bonds. The number of anilines is 1. The van der Waals surface area contributed by atoms with Crippen molar-refractivity contribution in [1.29, 1.82) is 0 Å². The maximum absolute atomic E-state index is 13.1. The number of nitrogens with one attached hydrogen (secondary N) is 2. The van der Waals surface area contributed by atoms with Crippen LogP contribution in [-0.4, -0.2) is 53.1 Å². The Hall–Kier alpha value is -3.66. The summed E-state index contributed by atoms with van der Waals surface area (Å²) in [7, 11) is 0. The highest BCUT2D eigenvalue weighted by molar-refractivity contribution is 7.99. The van der Waals surface area contributed by atoms with E-state index in [1.165, 1.54) is 11.6 Å². The van der Waals surface area contributed by atoms with Crippen LogP contribution >= 0.6 is 23.4 Å². The number of nitrogens with zero attached hydrogens (tertiary/aromatic N) is 2. The quantitative estimate of drug-likeness (QED) is 0.288. The molecule has 3 N–H and O–H groups in total. The lowest BCUT2D eigenvalue weighted by Gasteiger charge is -2.35. The predicted octanol–water partition coefficient (Wildman–Crippen LogP) is 4.67. The Bertz CT molecular complexity index is 1510. The van der Waals surface area contributed by atoms with Crippen molar-refractivity contribution in [1.82, 2.24) is 15.1 Å². The number of carbonyl (C=O) groups is 1. The molecule has 5 rings (SSSR count). The maximum atomic E-state index is 13.1. The highest BCUT2D eigenvalue weighted by Crippen LogP contribution is 2.39. The van der Waals surface area contributed by atoms with Crippen molar-refractivity contribution in [2.24, 2.45) is 0 Å². The third-order valence-corrected chi connectivity index (χ3v) is 8.14. The van der Waals surface area contributed by atoms with Gasteiger partial charge >= 0.3 is 0 Å². The number of aromatic nitrogens is 2.